The summed E-state index contributed by atoms with van der Waals surface area (Å²) in [5, 5.41) is 3.11. The van der Waals surface area contributed by atoms with E-state index in [4.69, 9.17) is 0 Å². The molecule has 0 radical (unpaired) electrons. The van der Waals surface area contributed by atoms with Crippen molar-refractivity contribution < 1.29 is 4.79 Å². The van der Waals surface area contributed by atoms with Crippen LogP contribution in [0.4, 0.5) is 5.69 Å². The molecule has 2 aliphatic rings. The average molecular weight is 380 g/mol. The molecule has 0 unspecified atom stereocenters. The SMILES string of the molecule is Cc1cc(-c2cc3c(c(CN(C)C4CCCC4)c2)NC(=O)CC3)cn(C)c1=O. The number of rotatable bonds is 4. The van der Waals surface area contributed by atoms with Crippen LogP contribution >= 0.6 is 0 Å². The zero-order chi connectivity index (χ0) is 19.8. The summed E-state index contributed by atoms with van der Waals surface area (Å²) in [7, 11) is 3.99. The standard InChI is InChI=1S/C23H29N3O2/c1-15-10-18(13-26(3)23(15)28)17-11-16-8-9-21(27)24-22(16)19(12-17)14-25(2)20-6-4-5-7-20/h10-13,20H,4-9,14H2,1-3H3,(H,24,27). The molecule has 5 nitrogen and oxygen atoms in total. The lowest BCUT2D eigenvalue weighted by molar-refractivity contribution is -0.116. The topological polar surface area (TPSA) is 54.3 Å². The average Bonchev–Trinajstić information content (AvgIpc) is 3.21. The van der Waals surface area contributed by atoms with E-state index >= 15 is 0 Å². The number of pyridine rings is 1. The predicted molar refractivity (Wildman–Crippen MR) is 113 cm³/mol. The Kier molecular flexibility index (Phi) is 5.11. The number of aryl methyl sites for hydroxylation is 3. The van der Waals surface area contributed by atoms with Gasteiger partial charge in [0.05, 0.1) is 0 Å². The van der Waals surface area contributed by atoms with Crippen LogP contribution in [0, 0.1) is 6.92 Å². The molecule has 1 aromatic heterocycles. The van der Waals surface area contributed by atoms with Crippen molar-refractivity contribution in [1.29, 1.82) is 0 Å². The lowest BCUT2D eigenvalue weighted by atomic mass is 9.93. The highest BCUT2D eigenvalue weighted by Gasteiger charge is 2.24. The summed E-state index contributed by atoms with van der Waals surface area (Å²) in [4.78, 5) is 26.6. The number of amides is 1. The van der Waals surface area contributed by atoms with E-state index in [1.807, 2.05) is 19.2 Å². The van der Waals surface area contributed by atoms with Gasteiger partial charge in [0.15, 0.2) is 0 Å². The lowest BCUT2D eigenvalue weighted by Gasteiger charge is -2.28. The minimum absolute atomic E-state index is 0.0372. The van der Waals surface area contributed by atoms with Gasteiger partial charge in [-0.1, -0.05) is 12.8 Å². The third-order valence-corrected chi connectivity index (χ3v) is 6.25. The molecule has 5 heteroatoms. The predicted octanol–water partition coefficient (Wildman–Crippen LogP) is 3.62. The van der Waals surface area contributed by atoms with Gasteiger partial charge in [-0.25, -0.2) is 0 Å². The quantitative estimate of drug-likeness (QED) is 0.883. The van der Waals surface area contributed by atoms with Gasteiger partial charge in [-0.15, -0.1) is 0 Å². The van der Waals surface area contributed by atoms with Crippen LogP contribution in [0.3, 0.4) is 0 Å². The van der Waals surface area contributed by atoms with Crippen LogP contribution in [-0.4, -0.2) is 28.5 Å². The summed E-state index contributed by atoms with van der Waals surface area (Å²) >= 11 is 0. The Labute approximate surface area is 166 Å². The summed E-state index contributed by atoms with van der Waals surface area (Å²) in [6, 6.07) is 6.96. The van der Waals surface area contributed by atoms with E-state index in [9.17, 15) is 9.59 Å². The number of carbonyl (C=O) groups excluding carboxylic acids is 1. The van der Waals surface area contributed by atoms with Gasteiger partial charge in [0.25, 0.3) is 5.56 Å². The second-order valence-corrected chi connectivity index (χ2v) is 8.40. The third kappa shape index (κ3) is 3.63. The first kappa shape index (κ1) is 18.9. The van der Waals surface area contributed by atoms with E-state index in [1.54, 1.807) is 11.6 Å². The second kappa shape index (κ2) is 7.55. The van der Waals surface area contributed by atoms with Crippen LogP contribution in [0.1, 0.15) is 48.8 Å². The Bertz CT molecular complexity index is 944. The monoisotopic (exact) mass is 379 g/mol. The van der Waals surface area contributed by atoms with Crippen LogP contribution < -0.4 is 10.9 Å². The van der Waals surface area contributed by atoms with Gasteiger partial charge in [0.1, 0.15) is 0 Å². The summed E-state index contributed by atoms with van der Waals surface area (Å²) in [6.45, 7) is 2.69. The van der Waals surface area contributed by atoms with Crippen molar-refractivity contribution in [2.75, 3.05) is 12.4 Å². The Morgan fingerprint density at radius 3 is 2.57 bits per heavy atom. The van der Waals surface area contributed by atoms with Crippen molar-refractivity contribution in [3.05, 3.63) is 51.4 Å². The number of nitrogens with one attached hydrogen (secondary N) is 1. The maximum atomic E-state index is 12.1. The van der Waals surface area contributed by atoms with Gasteiger partial charge < -0.3 is 9.88 Å². The highest BCUT2D eigenvalue weighted by atomic mass is 16.1. The molecule has 0 bridgehead atoms. The zero-order valence-corrected chi connectivity index (χ0v) is 17.0. The van der Waals surface area contributed by atoms with Crippen molar-refractivity contribution in [3.63, 3.8) is 0 Å². The van der Waals surface area contributed by atoms with E-state index < -0.39 is 0 Å². The largest absolute Gasteiger partial charge is 0.326 e. The van der Waals surface area contributed by atoms with E-state index in [2.05, 4.69) is 29.4 Å². The molecule has 0 atom stereocenters. The molecular weight excluding hydrogens is 350 g/mol. The maximum Gasteiger partial charge on any atom is 0.253 e. The molecule has 0 spiro atoms. The fourth-order valence-electron chi connectivity index (χ4n) is 4.65. The number of hydrogen-bond donors (Lipinski definition) is 1. The van der Waals surface area contributed by atoms with Gasteiger partial charge in [-0.3, -0.25) is 14.5 Å². The first-order valence-corrected chi connectivity index (χ1v) is 10.3. The van der Waals surface area contributed by atoms with Crippen LogP contribution in [0.25, 0.3) is 11.1 Å². The number of benzene rings is 1. The van der Waals surface area contributed by atoms with Gasteiger partial charge >= 0.3 is 0 Å². The van der Waals surface area contributed by atoms with Gasteiger partial charge in [-0.2, -0.15) is 0 Å². The smallest absolute Gasteiger partial charge is 0.253 e. The Balaban J connectivity index is 1.76. The molecular formula is C23H29N3O2. The van der Waals surface area contributed by atoms with Crippen molar-refractivity contribution in [3.8, 4) is 11.1 Å². The van der Waals surface area contributed by atoms with Crippen LogP contribution in [0.5, 0.6) is 0 Å². The van der Waals surface area contributed by atoms with E-state index in [-0.39, 0.29) is 11.5 Å². The summed E-state index contributed by atoms with van der Waals surface area (Å²) in [6.07, 6.45) is 8.32. The molecule has 4 rings (SSSR count). The van der Waals surface area contributed by atoms with E-state index in [0.717, 1.165) is 35.3 Å². The van der Waals surface area contributed by atoms with E-state index in [0.29, 0.717) is 12.5 Å². The van der Waals surface area contributed by atoms with Crippen molar-refractivity contribution >= 4 is 11.6 Å². The number of aromatic nitrogens is 1. The molecule has 1 aliphatic heterocycles. The van der Waals surface area contributed by atoms with Crippen LogP contribution in [0.2, 0.25) is 0 Å². The van der Waals surface area contributed by atoms with Crippen LogP contribution in [0.15, 0.2) is 29.2 Å². The Hall–Kier alpha value is -2.40. The Morgan fingerprint density at radius 2 is 1.86 bits per heavy atom. The van der Waals surface area contributed by atoms with Crippen molar-refractivity contribution in [2.24, 2.45) is 7.05 Å². The number of nitrogens with zero attached hydrogens (tertiary/aromatic N) is 2. The van der Waals surface area contributed by atoms with Gasteiger partial charge in [0.2, 0.25) is 5.91 Å². The molecule has 28 heavy (non-hydrogen) atoms. The lowest BCUT2D eigenvalue weighted by Crippen LogP contribution is -2.30. The Morgan fingerprint density at radius 1 is 1.11 bits per heavy atom. The molecule has 1 aliphatic carbocycles. The molecule has 1 fully saturated rings. The minimum Gasteiger partial charge on any atom is -0.326 e. The zero-order valence-electron chi connectivity index (χ0n) is 17.0. The fraction of sp³-hybridized carbons (Fsp3) is 0.478. The molecule has 1 amide bonds. The summed E-state index contributed by atoms with van der Waals surface area (Å²) < 4.78 is 1.65. The van der Waals surface area contributed by atoms with Crippen molar-refractivity contribution in [2.45, 2.75) is 58.0 Å². The molecule has 2 heterocycles. The molecule has 2 aromatic rings. The number of anilines is 1. The minimum atomic E-state index is 0.0372. The summed E-state index contributed by atoms with van der Waals surface area (Å²) in [5.41, 5.74) is 6.30. The molecule has 1 saturated carbocycles. The van der Waals surface area contributed by atoms with E-state index in [1.165, 1.54) is 36.8 Å². The molecule has 148 valence electrons. The number of carbonyl (C=O) groups is 1. The molecule has 0 saturated heterocycles. The van der Waals surface area contributed by atoms with Crippen LogP contribution in [-0.2, 0) is 24.8 Å². The van der Waals surface area contributed by atoms with Gasteiger partial charge in [-0.05, 0) is 73.7 Å². The second-order valence-electron chi connectivity index (χ2n) is 8.40. The highest BCUT2D eigenvalue weighted by molar-refractivity contribution is 5.95. The van der Waals surface area contributed by atoms with Crippen molar-refractivity contribution in [1.82, 2.24) is 9.47 Å². The molecule has 1 N–H and O–H groups in total. The number of fused-ring (bicyclic) bond motifs is 1. The molecule has 1 aromatic carbocycles. The third-order valence-electron chi connectivity index (χ3n) is 6.25. The maximum absolute atomic E-state index is 12.1. The highest BCUT2D eigenvalue weighted by Crippen LogP contribution is 2.34. The first-order valence-electron chi connectivity index (χ1n) is 10.3. The normalized spacial score (nSPS) is 17.1. The fourth-order valence-corrected chi connectivity index (χ4v) is 4.65. The first-order chi connectivity index (χ1) is 13.4. The van der Waals surface area contributed by atoms with Gasteiger partial charge in [0, 0.05) is 43.5 Å². The number of hydrogen-bond acceptors (Lipinski definition) is 3. The summed E-state index contributed by atoms with van der Waals surface area (Å²) in [5.74, 6) is 0.1000.